The molecule has 3 nitrogen and oxygen atoms in total. The van der Waals surface area contributed by atoms with E-state index in [1.807, 2.05) is 38.1 Å². The van der Waals surface area contributed by atoms with Crippen LogP contribution in [0.1, 0.15) is 35.2 Å². The number of nitriles is 1. The summed E-state index contributed by atoms with van der Waals surface area (Å²) in [5, 5.41) is 8.83. The third kappa shape index (κ3) is 3.80. The first-order valence-electron chi connectivity index (χ1n) is 6.68. The smallest absolute Gasteiger partial charge is 0.124 e. The molecule has 0 aliphatic carbocycles. The Kier molecular flexibility index (Phi) is 4.56. The summed E-state index contributed by atoms with van der Waals surface area (Å²) in [6.45, 7) is 4.07. The van der Waals surface area contributed by atoms with Crippen molar-refractivity contribution in [3.8, 4) is 11.8 Å². The van der Waals surface area contributed by atoms with Gasteiger partial charge in [0.05, 0.1) is 11.6 Å². The summed E-state index contributed by atoms with van der Waals surface area (Å²) < 4.78 is 19.0. The van der Waals surface area contributed by atoms with Crippen molar-refractivity contribution < 1.29 is 9.13 Å². The Labute approximate surface area is 123 Å². The molecule has 2 aromatic carbocycles. The second-order valence-electron chi connectivity index (χ2n) is 5.06. The fourth-order valence-electron chi connectivity index (χ4n) is 2.08. The van der Waals surface area contributed by atoms with Crippen LogP contribution in [0.25, 0.3) is 0 Å². The van der Waals surface area contributed by atoms with Crippen LogP contribution in [0, 0.1) is 24.1 Å². The molecular weight excluding hydrogens is 267 g/mol. The van der Waals surface area contributed by atoms with E-state index in [0.29, 0.717) is 5.56 Å². The predicted octanol–water partition coefficient (Wildman–Crippen LogP) is 3.60. The van der Waals surface area contributed by atoms with Gasteiger partial charge in [0.2, 0.25) is 0 Å². The van der Waals surface area contributed by atoms with Gasteiger partial charge in [-0.2, -0.15) is 5.26 Å². The minimum Gasteiger partial charge on any atom is -0.489 e. The van der Waals surface area contributed by atoms with Gasteiger partial charge >= 0.3 is 0 Å². The molecule has 2 N–H and O–H groups in total. The van der Waals surface area contributed by atoms with Crippen LogP contribution in [0.15, 0.2) is 36.4 Å². The van der Waals surface area contributed by atoms with Gasteiger partial charge in [-0.15, -0.1) is 0 Å². The van der Waals surface area contributed by atoms with Gasteiger partial charge in [-0.3, -0.25) is 0 Å². The van der Waals surface area contributed by atoms with Crippen LogP contribution in [-0.4, -0.2) is 0 Å². The number of benzene rings is 2. The van der Waals surface area contributed by atoms with Crippen molar-refractivity contribution in [1.82, 2.24) is 0 Å². The summed E-state index contributed by atoms with van der Waals surface area (Å²) in [6.07, 6.45) is 0. The number of hydrogen-bond donors (Lipinski definition) is 1. The monoisotopic (exact) mass is 284 g/mol. The highest BCUT2D eigenvalue weighted by Gasteiger charge is 2.06. The number of nitrogens with two attached hydrogens (primary N) is 1. The number of nitrogens with zero attached hydrogens (tertiary/aromatic N) is 1. The van der Waals surface area contributed by atoms with E-state index in [9.17, 15) is 4.39 Å². The lowest BCUT2D eigenvalue weighted by Gasteiger charge is -2.12. The summed E-state index contributed by atoms with van der Waals surface area (Å²) in [5.41, 5.74) is 8.76. The fraction of sp³-hybridized carbons (Fsp3) is 0.235. The van der Waals surface area contributed by atoms with Gasteiger partial charge in [-0.05, 0) is 54.8 Å². The van der Waals surface area contributed by atoms with E-state index in [2.05, 4.69) is 0 Å². The molecule has 0 heterocycles. The molecule has 4 heteroatoms. The van der Waals surface area contributed by atoms with Crippen LogP contribution in [0.4, 0.5) is 4.39 Å². The molecule has 0 radical (unpaired) electrons. The maximum absolute atomic E-state index is 13.3. The third-order valence-electron chi connectivity index (χ3n) is 3.21. The van der Waals surface area contributed by atoms with Gasteiger partial charge in [0.25, 0.3) is 0 Å². The van der Waals surface area contributed by atoms with Crippen molar-refractivity contribution in [2.24, 2.45) is 5.73 Å². The maximum Gasteiger partial charge on any atom is 0.124 e. The lowest BCUT2D eigenvalue weighted by molar-refractivity contribution is 0.303. The maximum atomic E-state index is 13.3. The number of aryl methyl sites for hydroxylation is 1. The van der Waals surface area contributed by atoms with Crippen molar-refractivity contribution in [3.63, 3.8) is 0 Å². The largest absolute Gasteiger partial charge is 0.489 e. The lowest BCUT2D eigenvalue weighted by atomic mass is 10.1. The Morgan fingerprint density at radius 1 is 1.29 bits per heavy atom. The lowest BCUT2D eigenvalue weighted by Crippen LogP contribution is -2.05. The highest BCUT2D eigenvalue weighted by Crippen LogP contribution is 2.23. The molecule has 0 amide bonds. The summed E-state index contributed by atoms with van der Waals surface area (Å²) >= 11 is 0. The predicted molar refractivity (Wildman–Crippen MR) is 79.2 cm³/mol. The molecule has 2 rings (SSSR count). The van der Waals surface area contributed by atoms with Gasteiger partial charge in [0, 0.05) is 6.04 Å². The second-order valence-corrected chi connectivity index (χ2v) is 5.06. The van der Waals surface area contributed by atoms with Crippen LogP contribution in [0.5, 0.6) is 5.75 Å². The van der Waals surface area contributed by atoms with Gasteiger partial charge < -0.3 is 10.5 Å². The van der Waals surface area contributed by atoms with Crippen molar-refractivity contribution in [2.45, 2.75) is 26.5 Å². The normalized spacial score (nSPS) is 11.8. The Bertz CT molecular complexity index is 690. The average Bonchev–Trinajstić information content (AvgIpc) is 2.45. The Morgan fingerprint density at radius 2 is 2.05 bits per heavy atom. The quantitative estimate of drug-likeness (QED) is 0.933. The number of halogens is 1. The first kappa shape index (κ1) is 15.0. The highest BCUT2D eigenvalue weighted by molar-refractivity contribution is 5.38. The van der Waals surface area contributed by atoms with Gasteiger partial charge in [0.1, 0.15) is 18.2 Å². The minimum atomic E-state index is -0.434. The van der Waals surface area contributed by atoms with Crippen LogP contribution < -0.4 is 10.5 Å². The molecule has 0 saturated carbocycles. The number of rotatable bonds is 4. The summed E-state index contributed by atoms with van der Waals surface area (Å²) in [6, 6.07) is 11.8. The van der Waals surface area contributed by atoms with E-state index in [1.54, 1.807) is 6.07 Å². The fourth-order valence-corrected chi connectivity index (χ4v) is 2.08. The molecule has 0 saturated heterocycles. The zero-order valence-electron chi connectivity index (χ0n) is 12.1. The molecule has 2 aromatic rings. The molecule has 0 aliphatic heterocycles. The molecule has 21 heavy (non-hydrogen) atoms. The SMILES string of the molecule is Cc1cc(C(C)N)ccc1OCc1cc(F)cc(C#N)c1. The van der Waals surface area contributed by atoms with E-state index < -0.39 is 5.82 Å². The molecule has 1 unspecified atom stereocenters. The van der Waals surface area contributed by atoms with Crippen LogP contribution >= 0.6 is 0 Å². The van der Waals surface area contributed by atoms with Crippen molar-refractivity contribution in [1.29, 1.82) is 5.26 Å². The standard InChI is InChI=1S/C17H17FN2O/c1-11-5-15(12(2)20)3-4-17(11)21-10-14-6-13(9-19)7-16(18)8-14/h3-8,12H,10,20H2,1-2H3. The Morgan fingerprint density at radius 3 is 2.67 bits per heavy atom. The Hall–Kier alpha value is -2.38. The minimum absolute atomic E-state index is 0.0286. The molecule has 0 fully saturated rings. The van der Waals surface area contributed by atoms with Gasteiger partial charge in [-0.25, -0.2) is 4.39 Å². The van der Waals surface area contributed by atoms with Gasteiger partial charge in [-0.1, -0.05) is 12.1 Å². The van der Waals surface area contributed by atoms with Crippen molar-refractivity contribution in [3.05, 3.63) is 64.5 Å². The molecule has 108 valence electrons. The van der Waals surface area contributed by atoms with Crippen LogP contribution in [0.2, 0.25) is 0 Å². The summed E-state index contributed by atoms with van der Waals surface area (Å²) in [5.74, 6) is 0.291. The van der Waals surface area contributed by atoms with Gasteiger partial charge in [0.15, 0.2) is 0 Å². The average molecular weight is 284 g/mol. The zero-order valence-corrected chi connectivity index (χ0v) is 12.1. The van der Waals surface area contributed by atoms with Crippen LogP contribution in [-0.2, 0) is 6.61 Å². The first-order valence-corrected chi connectivity index (χ1v) is 6.68. The second kappa shape index (κ2) is 6.38. The summed E-state index contributed by atoms with van der Waals surface area (Å²) in [7, 11) is 0. The number of hydrogen-bond acceptors (Lipinski definition) is 3. The van der Waals surface area contributed by atoms with E-state index in [1.165, 1.54) is 12.1 Å². The number of ether oxygens (including phenoxy) is 1. The topological polar surface area (TPSA) is 59.0 Å². The molecule has 0 aromatic heterocycles. The Balaban J connectivity index is 2.13. The van der Waals surface area contributed by atoms with Crippen LogP contribution in [0.3, 0.4) is 0 Å². The first-order chi connectivity index (χ1) is 9.99. The molecule has 0 aliphatic rings. The summed E-state index contributed by atoms with van der Waals surface area (Å²) in [4.78, 5) is 0. The van der Waals surface area contributed by atoms with E-state index in [-0.39, 0.29) is 18.2 Å². The molecule has 0 spiro atoms. The molecule has 1 atom stereocenters. The zero-order chi connectivity index (χ0) is 15.4. The molecular formula is C17H17FN2O. The van der Waals surface area contributed by atoms with Crippen molar-refractivity contribution in [2.75, 3.05) is 0 Å². The van der Waals surface area contributed by atoms with E-state index in [4.69, 9.17) is 15.7 Å². The third-order valence-corrected chi connectivity index (χ3v) is 3.21. The molecule has 0 bridgehead atoms. The highest BCUT2D eigenvalue weighted by atomic mass is 19.1. The van der Waals surface area contributed by atoms with E-state index in [0.717, 1.165) is 16.9 Å². The van der Waals surface area contributed by atoms with Crippen molar-refractivity contribution >= 4 is 0 Å². The van der Waals surface area contributed by atoms with E-state index >= 15 is 0 Å².